The second-order valence-corrected chi connectivity index (χ2v) is 8.62. The number of ketones is 3. The smallest absolute Gasteiger partial charge is 0.181 e. The lowest BCUT2D eigenvalue weighted by Gasteiger charge is -2.17. The van der Waals surface area contributed by atoms with Crippen LogP contribution >= 0.6 is 0 Å². The molecule has 4 rings (SSSR count). The Kier molecular flexibility index (Phi) is 6.54. The molecule has 2 unspecified atom stereocenters. The van der Waals surface area contributed by atoms with Crippen LogP contribution in [-0.2, 0) is 9.59 Å². The number of nitrogens with zero attached hydrogens (tertiary/aromatic N) is 2. The van der Waals surface area contributed by atoms with Gasteiger partial charge < -0.3 is 0 Å². The van der Waals surface area contributed by atoms with Crippen molar-refractivity contribution in [1.29, 1.82) is 0 Å². The molecule has 2 heterocycles. The van der Waals surface area contributed by atoms with Gasteiger partial charge in [0.15, 0.2) is 11.6 Å². The maximum atomic E-state index is 13.2. The van der Waals surface area contributed by atoms with E-state index in [1.54, 1.807) is 30.5 Å². The maximum absolute atomic E-state index is 13.2. The van der Waals surface area contributed by atoms with Crippen LogP contribution in [0.2, 0.25) is 0 Å². The van der Waals surface area contributed by atoms with Crippen molar-refractivity contribution in [2.24, 2.45) is 5.92 Å². The van der Waals surface area contributed by atoms with Crippen molar-refractivity contribution in [3.8, 4) is 11.3 Å². The standard InChI is InChI=1S/C27H25FN2O3/c1-16-12-19(21-10-9-20(28)15-30-21)13-17(2)25(16)26-24(32)14-18(27(26)33)6-5-8-23(31)22-7-3-4-11-29-22/h3-4,7,9-13,15,18,26H,5-6,8,14H2,1-2H3. The van der Waals surface area contributed by atoms with Gasteiger partial charge in [-0.25, -0.2) is 4.39 Å². The van der Waals surface area contributed by atoms with Gasteiger partial charge in [-0.3, -0.25) is 24.4 Å². The summed E-state index contributed by atoms with van der Waals surface area (Å²) in [6, 6.07) is 12.0. The van der Waals surface area contributed by atoms with E-state index in [0.29, 0.717) is 30.7 Å². The molecule has 0 N–H and O–H groups in total. The van der Waals surface area contributed by atoms with Crippen LogP contribution in [0.25, 0.3) is 11.3 Å². The first-order valence-corrected chi connectivity index (χ1v) is 11.1. The van der Waals surface area contributed by atoms with E-state index < -0.39 is 11.7 Å². The van der Waals surface area contributed by atoms with Crippen LogP contribution in [0.3, 0.4) is 0 Å². The van der Waals surface area contributed by atoms with E-state index in [2.05, 4.69) is 9.97 Å². The Morgan fingerprint density at radius 3 is 2.45 bits per heavy atom. The topological polar surface area (TPSA) is 77.0 Å². The lowest BCUT2D eigenvalue weighted by molar-refractivity contribution is -0.124. The fraction of sp³-hybridized carbons (Fsp3) is 0.296. The van der Waals surface area contributed by atoms with Crippen molar-refractivity contribution in [1.82, 2.24) is 9.97 Å². The minimum atomic E-state index is -0.767. The van der Waals surface area contributed by atoms with Crippen molar-refractivity contribution in [2.75, 3.05) is 0 Å². The zero-order valence-corrected chi connectivity index (χ0v) is 18.7. The average Bonchev–Trinajstić information content (AvgIpc) is 3.07. The molecule has 0 radical (unpaired) electrons. The summed E-state index contributed by atoms with van der Waals surface area (Å²) in [5.74, 6) is -1.73. The van der Waals surface area contributed by atoms with Crippen molar-refractivity contribution in [3.05, 3.63) is 83.1 Å². The van der Waals surface area contributed by atoms with Gasteiger partial charge in [0.05, 0.1) is 11.9 Å². The van der Waals surface area contributed by atoms with E-state index in [1.165, 1.54) is 12.3 Å². The van der Waals surface area contributed by atoms with Crippen molar-refractivity contribution >= 4 is 17.3 Å². The molecule has 3 aromatic rings. The Morgan fingerprint density at radius 2 is 1.82 bits per heavy atom. The van der Waals surface area contributed by atoms with E-state index in [4.69, 9.17) is 0 Å². The summed E-state index contributed by atoms with van der Waals surface area (Å²) in [5, 5.41) is 0. The van der Waals surface area contributed by atoms with Crippen LogP contribution in [0.4, 0.5) is 4.39 Å². The number of benzene rings is 1. The fourth-order valence-corrected chi connectivity index (χ4v) is 4.69. The molecular formula is C27H25FN2O3. The number of rotatable bonds is 7. The molecule has 0 spiro atoms. The van der Waals surface area contributed by atoms with Gasteiger partial charge in [0, 0.05) is 30.5 Å². The lowest BCUT2D eigenvalue weighted by atomic mass is 9.85. The minimum absolute atomic E-state index is 0.0550. The molecule has 0 amide bonds. The first-order chi connectivity index (χ1) is 15.8. The molecule has 2 aromatic heterocycles. The number of carbonyl (C=O) groups is 3. The summed E-state index contributed by atoms with van der Waals surface area (Å²) in [6.45, 7) is 3.77. The number of hydrogen-bond acceptors (Lipinski definition) is 5. The summed E-state index contributed by atoms with van der Waals surface area (Å²) in [7, 11) is 0. The van der Waals surface area contributed by atoms with Gasteiger partial charge in [-0.15, -0.1) is 0 Å². The Bertz CT molecular complexity index is 1180. The number of hydrogen-bond donors (Lipinski definition) is 0. The first-order valence-electron chi connectivity index (χ1n) is 11.1. The molecule has 6 heteroatoms. The molecule has 1 fully saturated rings. The zero-order valence-electron chi connectivity index (χ0n) is 18.7. The van der Waals surface area contributed by atoms with E-state index >= 15 is 0 Å². The van der Waals surface area contributed by atoms with Crippen LogP contribution in [0.15, 0.2) is 54.9 Å². The third kappa shape index (κ3) is 4.80. The highest BCUT2D eigenvalue weighted by Gasteiger charge is 2.42. The SMILES string of the molecule is Cc1cc(-c2ccc(F)cn2)cc(C)c1C1C(=O)CC(CCCC(=O)c2ccccn2)C1=O. The predicted molar refractivity (Wildman–Crippen MR) is 122 cm³/mol. The van der Waals surface area contributed by atoms with Crippen LogP contribution < -0.4 is 0 Å². The predicted octanol–water partition coefficient (Wildman–Crippen LogP) is 5.19. The number of aryl methyl sites for hydroxylation is 2. The third-order valence-corrected chi connectivity index (χ3v) is 6.27. The van der Waals surface area contributed by atoms with E-state index in [0.717, 1.165) is 22.3 Å². The normalized spacial score (nSPS) is 18.0. The molecule has 0 aliphatic heterocycles. The van der Waals surface area contributed by atoms with Gasteiger partial charge in [-0.05, 0) is 79.8 Å². The largest absolute Gasteiger partial charge is 0.298 e. The molecule has 0 saturated heterocycles. The second kappa shape index (κ2) is 9.53. The molecule has 0 bridgehead atoms. The minimum Gasteiger partial charge on any atom is -0.298 e. The zero-order chi connectivity index (χ0) is 23.5. The van der Waals surface area contributed by atoms with Crippen molar-refractivity contribution in [3.63, 3.8) is 0 Å². The van der Waals surface area contributed by atoms with Gasteiger partial charge in [-0.2, -0.15) is 0 Å². The molecule has 5 nitrogen and oxygen atoms in total. The Balaban J connectivity index is 1.47. The van der Waals surface area contributed by atoms with Crippen molar-refractivity contribution in [2.45, 2.75) is 45.4 Å². The summed E-state index contributed by atoms with van der Waals surface area (Å²) in [5.41, 5.74) is 4.31. The highest BCUT2D eigenvalue weighted by Crippen LogP contribution is 2.39. The van der Waals surface area contributed by atoms with Gasteiger partial charge in [0.1, 0.15) is 23.2 Å². The van der Waals surface area contributed by atoms with E-state index in [-0.39, 0.29) is 29.7 Å². The average molecular weight is 445 g/mol. The number of pyridine rings is 2. The van der Waals surface area contributed by atoms with Crippen LogP contribution in [-0.4, -0.2) is 27.3 Å². The molecule has 1 aliphatic rings. The second-order valence-electron chi connectivity index (χ2n) is 8.62. The summed E-state index contributed by atoms with van der Waals surface area (Å²) >= 11 is 0. The molecule has 1 aliphatic carbocycles. The number of halogens is 1. The van der Waals surface area contributed by atoms with Gasteiger partial charge in [0.25, 0.3) is 0 Å². The monoisotopic (exact) mass is 444 g/mol. The quantitative estimate of drug-likeness (QED) is 0.370. The fourth-order valence-electron chi connectivity index (χ4n) is 4.69. The van der Waals surface area contributed by atoms with E-state index in [9.17, 15) is 18.8 Å². The highest BCUT2D eigenvalue weighted by atomic mass is 19.1. The molecule has 2 atom stereocenters. The molecular weight excluding hydrogens is 419 g/mol. The summed E-state index contributed by atoms with van der Waals surface area (Å²) in [6.07, 6.45) is 4.31. The number of aromatic nitrogens is 2. The highest BCUT2D eigenvalue weighted by molar-refractivity contribution is 6.15. The lowest BCUT2D eigenvalue weighted by Crippen LogP contribution is -2.18. The van der Waals surface area contributed by atoms with Gasteiger partial charge in [0.2, 0.25) is 0 Å². The third-order valence-electron chi connectivity index (χ3n) is 6.27. The molecule has 1 aromatic carbocycles. The van der Waals surface area contributed by atoms with Crippen LogP contribution in [0.1, 0.15) is 58.8 Å². The van der Waals surface area contributed by atoms with Crippen molar-refractivity contribution < 1.29 is 18.8 Å². The summed E-state index contributed by atoms with van der Waals surface area (Å²) in [4.78, 5) is 46.5. The van der Waals surface area contributed by atoms with Gasteiger partial charge in [-0.1, -0.05) is 6.07 Å². The first kappa shape index (κ1) is 22.6. The van der Waals surface area contributed by atoms with E-state index in [1.807, 2.05) is 26.0 Å². The summed E-state index contributed by atoms with van der Waals surface area (Å²) < 4.78 is 13.2. The Labute approximate surface area is 192 Å². The van der Waals surface area contributed by atoms with Crippen LogP contribution in [0, 0.1) is 25.6 Å². The van der Waals surface area contributed by atoms with Gasteiger partial charge >= 0.3 is 0 Å². The van der Waals surface area contributed by atoms with Crippen LogP contribution in [0.5, 0.6) is 0 Å². The number of carbonyl (C=O) groups excluding carboxylic acids is 3. The molecule has 168 valence electrons. The molecule has 33 heavy (non-hydrogen) atoms. The molecule has 1 saturated carbocycles. The Hall–Kier alpha value is -3.54. The maximum Gasteiger partial charge on any atom is 0.181 e. The number of Topliss-reactive ketones (excluding diaryl/α,β-unsaturated/α-hetero) is 3. The Morgan fingerprint density at radius 1 is 1.06 bits per heavy atom.